The van der Waals surface area contributed by atoms with E-state index in [2.05, 4.69) is 12.1 Å². The summed E-state index contributed by atoms with van der Waals surface area (Å²) in [6.07, 6.45) is 7.13. The maximum atomic E-state index is 12.6. The quantitative estimate of drug-likeness (QED) is 0.673. The maximum absolute atomic E-state index is 12.6. The molecular formula is C21H27FO3. The number of halogens is 1. The van der Waals surface area contributed by atoms with Gasteiger partial charge in [0.25, 0.3) is 0 Å². The second kappa shape index (κ2) is 7.19. The van der Waals surface area contributed by atoms with Crippen LogP contribution in [0.5, 0.6) is 5.75 Å². The Morgan fingerprint density at radius 3 is 2.20 bits per heavy atom. The number of benzene rings is 1. The fourth-order valence-electron chi connectivity index (χ4n) is 4.43. The largest absolute Gasteiger partial charge is 0.489 e. The van der Waals surface area contributed by atoms with E-state index in [1.165, 1.54) is 12.7 Å². The molecule has 3 fully saturated rings. The van der Waals surface area contributed by atoms with Crippen LogP contribution in [-0.2, 0) is 14.9 Å². The topological polar surface area (TPSA) is 35.5 Å². The molecule has 0 amide bonds. The Morgan fingerprint density at radius 1 is 1.12 bits per heavy atom. The van der Waals surface area contributed by atoms with Crippen LogP contribution in [0, 0.1) is 5.41 Å². The molecule has 0 N–H and O–H groups in total. The number of fused-ring (bicyclic) bond motifs is 3. The Hall–Kier alpha value is -1.84. The molecule has 3 aliphatic rings. The van der Waals surface area contributed by atoms with Crippen molar-refractivity contribution < 1.29 is 18.7 Å². The number of ether oxygens (including phenoxy) is 2. The van der Waals surface area contributed by atoms with Crippen LogP contribution >= 0.6 is 0 Å². The number of carbonyl (C=O) groups is 1. The zero-order valence-corrected chi connectivity index (χ0v) is 15.1. The molecule has 0 aromatic heterocycles. The zero-order valence-electron chi connectivity index (χ0n) is 15.1. The van der Waals surface area contributed by atoms with E-state index in [0.717, 1.165) is 44.3 Å². The van der Waals surface area contributed by atoms with Crippen LogP contribution in [0.3, 0.4) is 0 Å². The Bertz CT molecular complexity index is 623. The predicted octanol–water partition coefficient (Wildman–Crippen LogP) is 5.09. The highest BCUT2D eigenvalue weighted by Gasteiger charge is 2.53. The van der Waals surface area contributed by atoms with Crippen molar-refractivity contribution in [3.05, 3.63) is 41.7 Å². The van der Waals surface area contributed by atoms with Gasteiger partial charge in [-0.2, -0.15) is 0 Å². The molecule has 0 atom stereocenters. The smallest absolute Gasteiger partial charge is 0.311 e. The van der Waals surface area contributed by atoms with Gasteiger partial charge in [0, 0.05) is 0 Å². The first-order chi connectivity index (χ1) is 12.1. The molecule has 136 valence electrons. The molecule has 2 bridgehead atoms. The van der Waals surface area contributed by atoms with Gasteiger partial charge in [0.1, 0.15) is 12.4 Å². The molecule has 0 heterocycles. The van der Waals surface area contributed by atoms with Crippen LogP contribution in [-0.4, -0.2) is 19.7 Å². The van der Waals surface area contributed by atoms with E-state index in [1.807, 2.05) is 19.1 Å². The number of hydrogen-bond donors (Lipinski definition) is 0. The number of rotatable bonds is 6. The van der Waals surface area contributed by atoms with E-state index >= 15 is 0 Å². The second-order valence-electron chi connectivity index (χ2n) is 7.49. The minimum Gasteiger partial charge on any atom is -0.489 e. The van der Waals surface area contributed by atoms with Crippen molar-refractivity contribution in [3.8, 4) is 5.75 Å². The molecule has 1 aromatic rings. The molecule has 3 saturated carbocycles. The Morgan fingerprint density at radius 2 is 1.72 bits per heavy atom. The summed E-state index contributed by atoms with van der Waals surface area (Å²) >= 11 is 0. The van der Waals surface area contributed by atoms with Crippen molar-refractivity contribution in [2.45, 2.75) is 57.3 Å². The van der Waals surface area contributed by atoms with Crippen LogP contribution in [0.4, 0.5) is 4.39 Å². The average Bonchev–Trinajstić information content (AvgIpc) is 2.70. The Labute approximate surface area is 149 Å². The van der Waals surface area contributed by atoms with Crippen molar-refractivity contribution in [1.29, 1.82) is 0 Å². The lowest BCUT2D eigenvalue weighted by Gasteiger charge is -2.52. The molecular weight excluding hydrogens is 319 g/mol. The van der Waals surface area contributed by atoms with Gasteiger partial charge in [0.15, 0.2) is 0 Å². The Balaban J connectivity index is 1.67. The first-order valence-corrected chi connectivity index (χ1v) is 9.17. The fourth-order valence-corrected chi connectivity index (χ4v) is 4.43. The molecule has 0 radical (unpaired) electrons. The summed E-state index contributed by atoms with van der Waals surface area (Å²) in [6.45, 7) is 2.21. The monoisotopic (exact) mass is 346 g/mol. The van der Waals surface area contributed by atoms with Gasteiger partial charge < -0.3 is 9.47 Å². The molecule has 0 unspecified atom stereocenters. The van der Waals surface area contributed by atoms with Gasteiger partial charge in [-0.05, 0) is 73.6 Å². The highest BCUT2D eigenvalue weighted by atomic mass is 19.1. The molecule has 4 heteroatoms. The average molecular weight is 346 g/mol. The lowest BCUT2D eigenvalue weighted by molar-refractivity contribution is -0.160. The summed E-state index contributed by atoms with van der Waals surface area (Å²) in [4.78, 5) is 12.1. The lowest BCUT2D eigenvalue weighted by Crippen LogP contribution is -2.48. The van der Waals surface area contributed by atoms with E-state index < -0.39 is 0 Å². The highest BCUT2D eigenvalue weighted by molar-refractivity contribution is 5.77. The minimum absolute atomic E-state index is 0.0304. The van der Waals surface area contributed by atoms with Crippen LogP contribution < -0.4 is 4.74 Å². The van der Waals surface area contributed by atoms with Crippen LogP contribution in [0.25, 0.3) is 0 Å². The summed E-state index contributed by atoms with van der Waals surface area (Å²) in [5.74, 6) is 0.737. The van der Waals surface area contributed by atoms with Gasteiger partial charge in [-0.25, -0.2) is 4.39 Å². The number of carbonyl (C=O) groups excluding carboxylic acids is 1. The van der Waals surface area contributed by atoms with Gasteiger partial charge in [0.05, 0.1) is 18.9 Å². The van der Waals surface area contributed by atoms with Crippen molar-refractivity contribution in [3.63, 3.8) is 0 Å². The number of hydrogen-bond acceptors (Lipinski definition) is 3. The Kier molecular flexibility index (Phi) is 5.16. The second-order valence-corrected chi connectivity index (χ2v) is 7.49. The van der Waals surface area contributed by atoms with Gasteiger partial charge in [-0.3, -0.25) is 4.79 Å². The molecule has 3 aliphatic carbocycles. The van der Waals surface area contributed by atoms with E-state index in [4.69, 9.17) is 9.47 Å². The zero-order chi connectivity index (χ0) is 17.9. The molecule has 1 aromatic carbocycles. The molecule has 4 rings (SSSR count). The predicted molar refractivity (Wildman–Crippen MR) is 95.2 cm³/mol. The summed E-state index contributed by atoms with van der Waals surface area (Å²) in [7, 11) is 1.49. The van der Waals surface area contributed by atoms with E-state index in [1.54, 1.807) is 0 Å². The van der Waals surface area contributed by atoms with Gasteiger partial charge in [0.2, 0.25) is 0 Å². The molecule has 3 nitrogen and oxygen atoms in total. The number of esters is 1. The van der Waals surface area contributed by atoms with Gasteiger partial charge in [-0.15, -0.1) is 0 Å². The third-order valence-electron chi connectivity index (χ3n) is 6.36. The van der Waals surface area contributed by atoms with Crippen LogP contribution in [0.2, 0.25) is 0 Å². The summed E-state index contributed by atoms with van der Waals surface area (Å²) in [5, 5.41) is 0. The third kappa shape index (κ3) is 3.31. The summed E-state index contributed by atoms with van der Waals surface area (Å²) < 4.78 is 23.3. The van der Waals surface area contributed by atoms with Crippen molar-refractivity contribution in [2.75, 3.05) is 13.7 Å². The normalized spacial score (nSPS) is 28.7. The fraction of sp³-hybridized carbons (Fsp3) is 0.571. The SMILES string of the molecule is CC/C(=C\F)COc1ccc(C23CCC(C(=O)OC)(CC2)CC3)cc1. The highest BCUT2D eigenvalue weighted by Crippen LogP contribution is 2.58. The number of methoxy groups -OCH3 is 1. The molecule has 25 heavy (non-hydrogen) atoms. The van der Waals surface area contributed by atoms with E-state index in [0.29, 0.717) is 24.9 Å². The maximum Gasteiger partial charge on any atom is 0.311 e. The van der Waals surface area contributed by atoms with Crippen molar-refractivity contribution >= 4 is 5.97 Å². The summed E-state index contributed by atoms with van der Waals surface area (Å²) in [5.41, 5.74) is 1.92. The van der Waals surface area contributed by atoms with E-state index in [9.17, 15) is 9.18 Å². The first-order valence-electron chi connectivity index (χ1n) is 9.17. The van der Waals surface area contributed by atoms with Gasteiger partial charge in [-0.1, -0.05) is 19.1 Å². The first kappa shape index (κ1) is 18.0. The van der Waals surface area contributed by atoms with Crippen molar-refractivity contribution in [1.82, 2.24) is 0 Å². The molecule has 0 saturated heterocycles. The van der Waals surface area contributed by atoms with Crippen LogP contribution in [0.15, 0.2) is 36.2 Å². The van der Waals surface area contributed by atoms with Crippen molar-refractivity contribution in [2.24, 2.45) is 5.41 Å². The summed E-state index contributed by atoms with van der Waals surface area (Å²) in [6, 6.07) is 8.23. The van der Waals surface area contributed by atoms with Crippen LogP contribution in [0.1, 0.15) is 57.4 Å². The lowest BCUT2D eigenvalue weighted by atomic mass is 9.52. The molecule has 0 aliphatic heterocycles. The third-order valence-corrected chi connectivity index (χ3v) is 6.36. The standard InChI is InChI=1S/C21H27FO3/c1-3-16(14-22)15-25-18-6-4-17(5-7-18)20-8-11-21(12-9-20,13-10-20)19(23)24-2/h4-7,14H,3,8-13,15H2,1-2H3/b16-14+. The molecule has 0 spiro atoms. The van der Waals surface area contributed by atoms with Gasteiger partial charge >= 0.3 is 5.97 Å². The minimum atomic E-state index is -0.241. The van der Waals surface area contributed by atoms with E-state index in [-0.39, 0.29) is 16.8 Å².